The first-order valence-electron chi connectivity index (χ1n) is 12.2. The van der Waals surface area contributed by atoms with Crippen molar-refractivity contribution in [3.05, 3.63) is 89.5 Å². The van der Waals surface area contributed by atoms with Crippen LogP contribution in [0.3, 0.4) is 0 Å². The highest BCUT2D eigenvalue weighted by Gasteiger charge is 2.18. The minimum Gasteiger partial charge on any atom is -0.488 e. The van der Waals surface area contributed by atoms with Gasteiger partial charge in [0.2, 0.25) is 6.79 Å². The van der Waals surface area contributed by atoms with E-state index in [-0.39, 0.29) is 12.9 Å². The molecule has 5 nitrogen and oxygen atoms in total. The van der Waals surface area contributed by atoms with E-state index in [4.69, 9.17) is 14.2 Å². The quantitative estimate of drug-likeness (QED) is 0.356. The molecular weight excluding hydrogens is 436 g/mol. The Labute approximate surface area is 209 Å². The van der Waals surface area contributed by atoms with Crippen molar-refractivity contribution < 1.29 is 14.2 Å². The lowest BCUT2D eigenvalue weighted by atomic mass is 9.88. The second-order valence-corrected chi connectivity index (χ2v) is 9.43. The van der Waals surface area contributed by atoms with Crippen LogP contribution in [-0.2, 0) is 0 Å². The van der Waals surface area contributed by atoms with Crippen molar-refractivity contribution in [1.82, 2.24) is 9.80 Å². The van der Waals surface area contributed by atoms with Crippen LogP contribution in [-0.4, -0.2) is 64.0 Å². The molecule has 0 spiro atoms. The molecule has 1 heterocycles. The average molecular weight is 473 g/mol. The third-order valence-electron chi connectivity index (χ3n) is 6.02. The van der Waals surface area contributed by atoms with Crippen LogP contribution in [0.25, 0.3) is 11.1 Å². The average Bonchev–Trinajstić information content (AvgIpc) is 3.31. The summed E-state index contributed by atoms with van der Waals surface area (Å²) in [5, 5.41) is 0. The van der Waals surface area contributed by atoms with Gasteiger partial charge in [-0.25, -0.2) is 0 Å². The Kier molecular flexibility index (Phi) is 8.11. The van der Waals surface area contributed by atoms with E-state index >= 15 is 0 Å². The van der Waals surface area contributed by atoms with Gasteiger partial charge in [-0.2, -0.15) is 0 Å². The molecule has 3 aromatic rings. The zero-order valence-corrected chi connectivity index (χ0v) is 21.5. The molecule has 0 radical (unpaired) electrons. The normalized spacial score (nSPS) is 13.5. The molecule has 0 saturated carbocycles. The predicted molar refractivity (Wildman–Crippen MR) is 143 cm³/mol. The second-order valence-electron chi connectivity index (χ2n) is 9.43. The van der Waals surface area contributed by atoms with Gasteiger partial charge in [0.15, 0.2) is 11.5 Å². The standard InChI is InChI=1S/C30H36N2O3/c1-6-27(24-14-17-28-29(18-24)34-21-33-28)30(22-10-8-7-9-11-22)23-12-15-25(16-13-23)35-26(19-31(2)3)20-32(4)5/h7-18,26H,6,19-21H2,1-5H3. The van der Waals surface area contributed by atoms with Crippen LogP contribution in [0.4, 0.5) is 0 Å². The van der Waals surface area contributed by atoms with E-state index in [2.05, 4.69) is 112 Å². The summed E-state index contributed by atoms with van der Waals surface area (Å²) in [5.74, 6) is 2.49. The van der Waals surface area contributed by atoms with E-state index in [0.29, 0.717) is 0 Å². The van der Waals surface area contributed by atoms with E-state index in [1.54, 1.807) is 0 Å². The molecule has 0 atom stereocenters. The maximum absolute atomic E-state index is 6.37. The van der Waals surface area contributed by atoms with Gasteiger partial charge in [-0.05, 0) is 86.7 Å². The summed E-state index contributed by atoms with van der Waals surface area (Å²) < 4.78 is 17.6. The number of likely N-dealkylation sites (N-methyl/N-ethyl adjacent to an activating group) is 2. The number of benzene rings is 3. The van der Waals surface area contributed by atoms with Crippen molar-refractivity contribution >= 4 is 11.1 Å². The lowest BCUT2D eigenvalue weighted by Crippen LogP contribution is -2.38. The summed E-state index contributed by atoms with van der Waals surface area (Å²) in [6.07, 6.45) is 0.977. The van der Waals surface area contributed by atoms with Gasteiger partial charge in [-0.1, -0.05) is 55.5 Å². The Hall–Kier alpha value is -3.28. The van der Waals surface area contributed by atoms with Gasteiger partial charge in [0.05, 0.1) is 0 Å². The molecule has 4 rings (SSSR count). The summed E-state index contributed by atoms with van der Waals surface area (Å²) in [7, 11) is 8.31. The van der Waals surface area contributed by atoms with Crippen LogP contribution in [0.15, 0.2) is 72.8 Å². The Morgan fingerprint density at radius 2 is 1.37 bits per heavy atom. The summed E-state index contributed by atoms with van der Waals surface area (Å²) >= 11 is 0. The van der Waals surface area contributed by atoms with Crippen molar-refractivity contribution in [2.45, 2.75) is 19.4 Å². The maximum Gasteiger partial charge on any atom is 0.231 e. The van der Waals surface area contributed by atoms with Gasteiger partial charge in [0, 0.05) is 13.1 Å². The Bertz CT molecular complexity index is 1130. The van der Waals surface area contributed by atoms with Crippen LogP contribution in [0.2, 0.25) is 0 Å². The maximum atomic E-state index is 6.37. The molecular formula is C30H36N2O3. The molecule has 1 aliphatic heterocycles. The fraction of sp³-hybridized carbons (Fsp3) is 0.333. The molecule has 0 fully saturated rings. The number of hydrogen-bond donors (Lipinski definition) is 0. The molecule has 0 aromatic heterocycles. The van der Waals surface area contributed by atoms with Gasteiger partial charge in [-0.15, -0.1) is 0 Å². The van der Waals surface area contributed by atoms with E-state index in [1.807, 2.05) is 6.07 Å². The molecule has 0 bridgehead atoms. The van der Waals surface area contributed by atoms with Gasteiger partial charge in [0.25, 0.3) is 0 Å². The Balaban J connectivity index is 1.71. The fourth-order valence-electron chi connectivity index (χ4n) is 4.57. The van der Waals surface area contributed by atoms with Crippen molar-refractivity contribution in [1.29, 1.82) is 0 Å². The molecule has 35 heavy (non-hydrogen) atoms. The third-order valence-corrected chi connectivity index (χ3v) is 6.02. The lowest BCUT2D eigenvalue weighted by Gasteiger charge is -2.25. The van der Waals surface area contributed by atoms with Crippen LogP contribution in [0.5, 0.6) is 17.2 Å². The highest BCUT2D eigenvalue weighted by Crippen LogP contribution is 2.39. The van der Waals surface area contributed by atoms with Crippen LogP contribution in [0.1, 0.15) is 30.0 Å². The van der Waals surface area contributed by atoms with Crippen LogP contribution >= 0.6 is 0 Å². The summed E-state index contributed by atoms with van der Waals surface area (Å²) in [4.78, 5) is 4.33. The largest absolute Gasteiger partial charge is 0.488 e. The molecule has 3 aromatic carbocycles. The van der Waals surface area contributed by atoms with Gasteiger partial charge in [-0.3, -0.25) is 0 Å². The van der Waals surface area contributed by atoms with Crippen molar-refractivity contribution in [3.8, 4) is 17.2 Å². The Morgan fingerprint density at radius 3 is 2.00 bits per heavy atom. The molecule has 0 unspecified atom stereocenters. The zero-order valence-electron chi connectivity index (χ0n) is 21.5. The SMILES string of the molecule is CCC(=C(c1ccccc1)c1ccc(OC(CN(C)C)CN(C)C)cc1)c1ccc2c(c1)OCO2. The number of hydrogen-bond acceptors (Lipinski definition) is 5. The highest BCUT2D eigenvalue weighted by atomic mass is 16.7. The second kappa shape index (κ2) is 11.4. The van der Waals surface area contributed by atoms with Crippen LogP contribution in [0, 0.1) is 0 Å². The fourth-order valence-corrected chi connectivity index (χ4v) is 4.57. The third kappa shape index (κ3) is 6.24. The van der Waals surface area contributed by atoms with Crippen molar-refractivity contribution in [2.75, 3.05) is 48.1 Å². The topological polar surface area (TPSA) is 34.2 Å². The monoisotopic (exact) mass is 472 g/mol. The summed E-state index contributed by atoms with van der Waals surface area (Å²) in [6.45, 7) is 4.20. The minimum absolute atomic E-state index is 0.0924. The molecule has 1 aliphatic rings. The van der Waals surface area contributed by atoms with Crippen molar-refractivity contribution in [2.24, 2.45) is 0 Å². The molecule has 5 heteroatoms. The number of ether oxygens (including phenoxy) is 3. The first kappa shape index (κ1) is 24.8. The number of rotatable bonds is 10. The van der Waals surface area contributed by atoms with Gasteiger partial charge >= 0.3 is 0 Å². The molecule has 0 saturated heterocycles. The van der Waals surface area contributed by atoms with Crippen molar-refractivity contribution in [3.63, 3.8) is 0 Å². The van der Waals surface area contributed by atoms with Gasteiger partial charge in [0.1, 0.15) is 11.9 Å². The van der Waals surface area contributed by atoms with E-state index in [0.717, 1.165) is 47.9 Å². The molecule has 0 amide bonds. The first-order valence-corrected chi connectivity index (χ1v) is 12.2. The Morgan fingerprint density at radius 1 is 0.771 bits per heavy atom. The predicted octanol–water partition coefficient (Wildman–Crippen LogP) is 5.66. The highest BCUT2D eigenvalue weighted by molar-refractivity contribution is 5.98. The smallest absolute Gasteiger partial charge is 0.231 e. The lowest BCUT2D eigenvalue weighted by molar-refractivity contribution is 0.128. The number of fused-ring (bicyclic) bond motifs is 1. The van der Waals surface area contributed by atoms with Gasteiger partial charge < -0.3 is 24.0 Å². The van der Waals surface area contributed by atoms with E-state index < -0.39 is 0 Å². The zero-order chi connectivity index (χ0) is 24.8. The first-order chi connectivity index (χ1) is 16.9. The molecule has 0 aliphatic carbocycles. The molecule has 184 valence electrons. The summed E-state index contributed by atoms with van der Waals surface area (Å²) in [5.41, 5.74) is 5.98. The minimum atomic E-state index is 0.0924. The summed E-state index contributed by atoms with van der Waals surface area (Å²) in [6, 6.07) is 25.3. The van der Waals surface area contributed by atoms with E-state index in [9.17, 15) is 0 Å². The number of nitrogens with zero attached hydrogens (tertiary/aromatic N) is 2. The van der Waals surface area contributed by atoms with Crippen LogP contribution < -0.4 is 14.2 Å². The number of allylic oxidation sites excluding steroid dienone is 1. The molecule has 0 N–H and O–H groups in total. The van der Waals surface area contributed by atoms with E-state index in [1.165, 1.54) is 16.7 Å².